The van der Waals surface area contributed by atoms with Gasteiger partial charge < -0.3 is 15.0 Å². The molecule has 1 aliphatic rings. The number of benzene rings is 1. The average molecular weight is 346 g/mol. The Morgan fingerprint density at radius 1 is 1.24 bits per heavy atom. The van der Waals surface area contributed by atoms with Crippen molar-refractivity contribution in [3.63, 3.8) is 0 Å². The fourth-order valence-electron chi connectivity index (χ4n) is 3.06. The normalized spacial score (nSPS) is 17.8. The molecule has 1 aromatic rings. The molecular formula is C19H26N2O4. The zero-order valence-electron chi connectivity index (χ0n) is 14.9. The lowest BCUT2D eigenvalue weighted by molar-refractivity contribution is -0.146. The van der Waals surface area contributed by atoms with Gasteiger partial charge in [0.05, 0.1) is 19.1 Å². The molecule has 0 spiro atoms. The number of nitrogens with one attached hydrogen (secondary N) is 1. The standard InChI is InChI=1S/C19H26N2O4/c1-3-25-18(23)12-11-17(22)21-13-7-10-16(21)19(24)20-14(2)15-8-5-4-6-9-15/h4-6,8-9,14,16H,3,7,10-13H2,1-2H3,(H,20,24). The van der Waals surface area contributed by atoms with E-state index in [2.05, 4.69) is 5.32 Å². The number of carbonyl (C=O) groups is 3. The number of carbonyl (C=O) groups excluding carboxylic acids is 3. The van der Waals surface area contributed by atoms with Crippen LogP contribution in [0.5, 0.6) is 0 Å². The van der Waals surface area contributed by atoms with Crippen molar-refractivity contribution in [2.45, 2.75) is 51.6 Å². The number of esters is 1. The van der Waals surface area contributed by atoms with Gasteiger partial charge in [-0.3, -0.25) is 14.4 Å². The lowest BCUT2D eigenvalue weighted by Gasteiger charge is -2.25. The summed E-state index contributed by atoms with van der Waals surface area (Å²) >= 11 is 0. The summed E-state index contributed by atoms with van der Waals surface area (Å²) in [6.07, 6.45) is 1.58. The Kier molecular flexibility index (Phi) is 6.98. The van der Waals surface area contributed by atoms with Gasteiger partial charge in [-0.1, -0.05) is 30.3 Å². The molecule has 2 unspecified atom stereocenters. The first kappa shape index (κ1) is 19.0. The molecule has 136 valence electrons. The van der Waals surface area contributed by atoms with Crippen LogP contribution in [0.4, 0.5) is 0 Å². The molecule has 25 heavy (non-hydrogen) atoms. The first-order valence-corrected chi connectivity index (χ1v) is 8.83. The molecule has 1 saturated heterocycles. The van der Waals surface area contributed by atoms with E-state index in [0.29, 0.717) is 19.6 Å². The lowest BCUT2D eigenvalue weighted by atomic mass is 10.1. The van der Waals surface area contributed by atoms with Gasteiger partial charge in [-0.15, -0.1) is 0 Å². The first-order valence-electron chi connectivity index (χ1n) is 8.83. The van der Waals surface area contributed by atoms with Crippen molar-refractivity contribution in [2.75, 3.05) is 13.2 Å². The Balaban J connectivity index is 1.90. The highest BCUT2D eigenvalue weighted by molar-refractivity contribution is 5.89. The second kappa shape index (κ2) is 9.20. The topological polar surface area (TPSA) is 75.7 Å². The van der Waals surface area contributed by atoms with E-state index in [1.54, 1.807) is 11.8 Å². The second-order valence-corrected chi connectivity index (χ2v) is 6.19. The van der Waals surface area contributed by atoms with E-state index in [1.807, 2.05) is 37.3 Å². The lowest BCUT2D eigenvalue weighted by Crippen LogP contribution is -2.46. The molecule has 1 fully saturated rings. The predicted molar refractivity (Wildman–Crippen MR) is 93.6 cm³/mol. The minimum atomic E-state index is -0.458. The van der Waals surface area contributed by atoms with Crippen LogP contribution in [0.25, 0.3) is 0 Å². The van der Waals surface area contributed by atoms with Crippen molar-refractivity contribution in [3.05, 3.63) is 35.9 Å². The van der Waals surface area contributed by atoms with Gasteiger partial charge in [0.1, 0.15) is 6.04 Å². The molecule has 6 nitrogen and oxygen atoms in total. The largest absolute Gasteiger partial charge is 0.466 e. The summed E-state index contributed by atoms with van der Waals surface area (Å²) in [5.74, 6) is -0.690. The van der Waals surface area contributed by atoms with Gasteiger partial charge in [-0.05, 0) is 32.3 Å². The van der Waals surface area contributed by atoms with Crippen LogP contribution in [0.2, 0.25) is 0 Å². The molecule has 1 N–H and O–H groups in total. The molecule has 2 amide bonds. The molecule has 0 aliphatic carbocycles. The van der Waals surface area contributed by atoms with Gasteiger partial charge in [0.2, 0.25) is 11.8 Å². The SMILES string of the molecule is CCOC(=O)CCC(=O)N1CCCC1C(=O)NC(C)c1ccccc1. The first-order chi connectivity index (χ1) is 12.0. The minimum absolute atomic E-state index is 0.0535. The Bertz CT molecular complexity index is 603. The number of likely N-dealkylation sites (tertiary alicyclic amines) is 1. The molecule has 0 radical (unpaired) electrons. The van der Waals surface area contributed by atoms with Crippen molar-refractivity contribution in [1.82, 2.24) is 10.2 Å². The third kappa shape index (κ3) is 5.31. The van der Waals surface area contributed by atoms with Crippen LogP contribution < -0.4 is 5.32 Å². The van der Waals surface area contributed by atoms with E-state index in [0.717, 1.165) is 12.0 Å². The van der Waals surface area contributed by atoms with Gasteiger partial charge in [0.15, 0.2) is 0 Å². The molecule has 2 atom stereocenters. The zero-order chi connectivity index (χ0) is 18.2. The summed E-state index contributed by atoms with van der Waals surface area (Å²) in [5, 5.41) is 2.98. The number of ether oxygens (including phenoxy) is 1. The number of rotatable bonds is 7. The van der Waals surface area contributed by atoms with E-state index >= 15 is 0 Å². The molecule has 0 saturated carbocycles. The van der Waals surface area contributed by atoms with Crippen LogP contribution in [-0.4, -0.2) is 41.9 Å². The minimum Gasteiger partial charge on any atom is -0.466 e. The van der Waals surface area contributed by atoms with Crippen LogP contribution in [0, 0.1) is 0 Å². The molecule has 6 heteroatoms. The monoisotopic (exact) mass is 346 g/mol. The van der Waals surface area contributed by atoms with Crippen molar-refractivity contribution in [1.29, 1.82) is 0 Å². The van der Waals surface area contributed by atoms with E-state index in [1.165, 1.54) is 0 Å². The number of nitrogens with zero attached hydrogens (tertiary/aromatic N) is 1. The maximum atomic E-state index is 12.6. The number of amides is 2. The Labute approximate surface area is 148 Å². The maximum Gasteiger partial charge on any atom is 0.306 e. The van der Waals surface area contributed by atoms with Gasteiger partial charge in [0.25, 0.3) is 0 Å². The van der Waals surface area contributed by atoms with E-state index in [9.17, 15) is 14.4 Å². The van der Waals surface area contributed by atoms with Crippen LogP contribution in [0.3, 0.4) is 0 Å². The Morgan fingerprint density at radius 3 is 2.64 bits per heavy atom. The highest BCUT2D eigenvalue weighted by Gasteiger charge is 2.34. The van der Waals surface area contributed by atoms with Gasteiger partial charge in [0, 0.05) is 13.0 Å². The fraction of sp³-hybridized carbons (Fsp3) is 0.526. The summed E-state index contributed by atoms with van der Waals surface area (Å²) in [6.45, 7) is 4.52. The van der Waals surface area contributed by atoms with Gasteiger partial charge >= 0.3 is 5.97 Å². The summed E-state index contributed by atoms with van der Waals surface area (Å²) in [7, 11) is 0. The van der Waals surface area contributed by atoms with E-state index in [4.69, 9.17) is 4.74 Å². The van der Waals surface area contributed by atoms with Crippen molar-refractivity contribution >= 4 is 17.8 Å². The van der Waals surface area contributed by atoms with Crippen LogP contribution in [-0.2, 0) is 19.1 Å². The van der Waals surface area contributed by atoms with Crippen molar-refractivity contribution < 1.29 is 19.1 Å². The summed E-state index contributed by atoms with van der Waals surface area (Å²) < 4.78 is 4.84. The van der Waals surface area contributed by atoms with Gasteiger partial charge in [-0.25, -0.2) is 0 Å². The van der Waals surface area contributed by atoms with E-state index < -0.39 is 6.04 Å². The Morgan fingerprint density at radius 2 is 1.96 bits per heavy atom. The van der Waals surface area contributed by atoms with Crippen LogP contribution >= 0.6 is 0 Å². The van der Waals surface area contributed by atoms with Crippen LogP contribution in [0.15, 0.2) is 30.3 Å². The number of hydrogen-bond acceptors (Lipinski definition) is 4. The number of hydrogen-bond donors (Lipinski definition) is 1. The third-order valence-corrected chi connectivity index (χ3v) is 4.38. The molecule has 0 aromatic heterocycles. The highest BCUT2D eigenvalue weighted by Crippen LogP contribution is 2.20. The second-order valence-electron chi connectivity index (χ2n) is 6.19. The van der Waals surface area contributed by atoms with Crippen molar-refractivity contribution in [2.24, 2.45) is 0 Å². The van der Waals surface area contributed by atoms with Gasteiger partial charge in [-0.2, -0.15) is 0 Å². The summed E-state index contributed by atoms with van der Waals surface area (Å²) in [4.78, 5) is 37.9. The fourth-order valence-corrected chi connectivity index (χ4v) is 3.06. The Hall–Kier alpha value is -2.37. The highest BCUT2D eigenvalue weighted by atomic mass is 16.5. The summed E-state index contributed by atoms with van der Waals surface area (Å²) in [5.41, 5.74) is 1.02. The molecular weight excluding hydrogens is 320 g/mol. The maximum absolute atomic E-state index is 12.6. The molecule has 1 heterocycles. The average Bonchev–Trinajstić information content (AvgIpc) is 3.10. The van der Waals surface area contributed by atoms with Crippen LogP contribution in [0.1, 0.15) is 51.1 Å². The third-order valence-electron chi connectivity index (χ3n) is 4.38. The quantitative estimate of drug-likeness (QED) is 0.768. The smallest absolute Gasteiger partial charge is 0.306 e. The molecule has 0 bridgehead atoms. The molecule has 1 aliphatic heterocycles. The van der Waals surface area contributed by atoms with Crippen molar-refractivity contribution in [3.8, 4) is 0 Å². The molecule has 1 aromatic carbocycles. The summed E-state index contributed by atoms with van der Waals surface area (Å²) in [6, 6.07) is 9.13. The predicted octanol–water partition coefficient (Wildman–Crippen LogP) is 2.20. The van der Waals surface area contributed by atoms with E-state index in [-0.39, 0.29) is 36.7 Å². The zero-order valence-corrected chi connectivity index (χ0v) is 14.9. The molecule has 2 rings (SSSR count).